The van der Waals surface area contributed by atoms with Gasteiger partial charge in [0.05, 0.1) is 29.6 Å². The van der Waals surface area contributed by atoms with Gasteiger partial charge in [-0.1, -0.05) is 42.5 Å². The Balaban J connectivity index is 1.67. The summed E-state index contributed by atoms with van der Waals surface area (Å²) in [5.74, 6) is 0.429. The highest BCUT2D eigenvalue weighted by Crippen LogP contribution is 2.26. The molecule has 3 aromatic carbocycles. The number of carbonyl (C=O) groups excluding carboxylic acids is 1. The van der Waals surface area contributed by atoms with Crippen molar-refractivity contribution in [2.24, 2.45) is 5.10 Å². The Kier molecular flexibility index (Phi) is 6.26. The average Bonchev–Trinajstić information content (AvgIpc) is 2.81. The molecule has 0 atom stereocenters. The molecule has 0 saturated heterocycles. The summed E-state index contributed by atoms with van der Waals surface area (Å²) < 4.78 is 5.61. The van der Waals surface area contributed by atoms with Gasteiger partial charge in [-0.15, -0.1) is 0 Å². The van der Waals surface area contributed by atoms with Crippen LogP contribution in [-0.4, -0.2) is 23.7 Å². The number of amides is 1. The average molecular weight is 424 g/mol. The molecule has 0 aliphatic carbocycles. The van der Waals surface area contributed by atoms with Crippen LogP contribution in [-0.2, 0) is 0 Å². The molecule has 0 saturated carbocycles. The van der Waals surface area contributed by atoms with Crippen molar-refractivity contribution in [1.82, 2.24) is 10.4 Å². The molecule has 0 aliphatic rings. The quantitative estimate of drug-likeness (QED) is 0.320. The summed E-state index contributed by atoms with van der Waals surface area (Å²) in [7, 11) is 0. The van der Waals surface area contributed by atoms with Crippen LogP contribution in [0.2, 0.25) is 0 Å². The van der Waals surface area contributed by atoms with E-state index in [0.717, 1.165) is 33.5 Å². The van der Waals surface area contributed by atoms with E-state index in [1.807, 2.05) is 67.6 Å². The van der Waals surface area contributed by atoms with Crippen molar-refractivity contribution >= 4 is 23.0 Å². The number of hydrogen-bond acceptors (Lipinski definition) is 4. The molecule has 0 radical (unpaired) electrons. The summed E-state index contributed by atoms with van der Waals surface area (Å²) in [4.78, 5) is 17.9. The SMILES string of the molecule is CCOc1ccccc1/C=N\NC(=O)c1cc(-c2ccc(C)c(C)c2)nc2ccccc12. The zero-order chi connectivity index (χ0) is 22.5. The van der Waals surface area contributed by atoms with Gasteiger partial charge in [-0.05, 0) is 62.2 Å². The summed E-state index contributed by atoms with van der Waals surface area (Å²) in [5.41, 5.74) is 8.87. The van der Waals surface area contributed by atoms with E-state index in [0.29, 0.717) is 12.2 Å². The molecule has 0 aliphatic heterocycles. The lowest BCUT2D eigenvalue weighted by Gasteiger charge is -2.10. The third-order valence-corrected chi connectivity index (χ3v) is 5.35. The van der Waals surface area contributed by atoms with E-state index in [1.165, 1.54) is 11.1 Å². The van der Waals surface area contributed by atoms with E-state index in [9.17, 15) is 4.79 Å². The first-order valence-corrected chi connectivity index (χ1v) is 10.6. The molecule has 4 rings (SSSR count). The number of hydrogen-bond donors (Lipinski definition) is 1. The highest BCUT2D eigenvalue weighted by atomic mass is 16.5. The van der Waals surface area contributed by atoms with Crippen LogP contribution in [0.15, 0.2) is 77.9 Å². The van der Waals surface area contributed by atoms with Crippen molar-refractivity contribution in [3.63, 3.8) is 0 Å². The van der Waals surface area contributed by atoms with Crippen LogP contribution in [0, 0.1) is 13.8 Å². The molecule has 5 nitrogen and oxygen atoms in total. The second kappa shape index (κ2) is 9.43. The first kappa shape index (κ1) is 21.2. The molecule has 160 valence electrons. The highest BCUT2D eigenvalue weighted by molar-refractivity contribution is 6.07. The molecule has 1 aromatic heterocycles. The van der Waals surface area contributed by atoms with Gasteiger partial charge in [0, 0.05) is 16.5 Å². The monoisotopic (exact) mass is 423 g/mol. The van der Waals surface area contributed by atoms with Crippen LogP contribution < -0.4 is 10.2 Å². The molecule has 0 unspecified atom stereocenters. The fraction of sp³-hybridized carbons (Fsp3) is 0.148. The van der Waals surface area contributed by atoms with Crippen LogP contribution in [0.25, 0.3) is 22.2 Å². The number of aryl methyl sites for hydroxylation is 2. The van der Waals surface area contributed by atoms with Gasteiger partial charge < -0.3 is 4.74 Å². The zero-order valence-corrected chi connectivity index (χ0v) is 18.4. The van der Waals surface area contributed by atoms with E-state index in [-0.39, 0.29) is 5.91 Å². The number of para-hydroxylation sites is 2. The summed E-state index contributed by atoms with van der Waals surface area (Å²) in [5, 5.41) is 4.95. The van der Waals surface area contributed by atoms with Crippen LogP contribution in [0.4, 0.5) is 0 Å². The minimum absolute atomic E-state index is 0.293. The molecule has 4 aromatic rings. The molecule has 0 spiro atoms. The van der Waals surface area contributed by atoms with Gasteiger partial charge in [0.2, 0.25) is 0 Å². The van der Waals surface area contributed by atoms with Gasteiger partial charge in [-0.25, -0.2) is 10.4 Å². The maximum Gasteiger partial charge on any atom is 0.272 e. The third kappa shape index (κ3) is 4.52. The number of nitrogens with zero attached hydrogens (tertiary/aromatic N) is 2. The molecule has 1 amide bonds. The normalized spacial score (nSPS) is 11.1. The predicted molar refractivity (Wildman–Crippen MR) is 129 cm³/mol. The van der Waals surface area contributed by atoms with Crippen molar-refractivity contribution in [3.8, 4) is 17.0 Å². The second-order valence-corrected chi connectivity index (χ2v) is 7.54. The summed E-state index contributed by atoms with van der Waals surface area (Å²) >= 11 is 0. The predicted octanol–water partition coefficient (Wildman–Crippen LogP) is 5.68. The third-order valence-electron chi connectivity index (χ3n) is 5.35. The number of hydrazone groups is 1. The minimum Gasteiger partial charge on any atom is -0.493 e. The lowest BCUT2D eigenvalue weighted by atomic mass is 10.0. The maximum absolute atomic E-state index is 13.1. The Morgan fingerprint density at radius 1 is 1.00 bits per heavy atom. The fourth-order valence-corrected chi connectivity index (χ4v) is 3.51. The van der Waals surface area contributed by atoms with Gasteiger partial charge >= 0.3 is 0 Å². The number of rotatable bonds is 6. The Hall–Kier alpha value is -3.99. The molecule has 0 bridgehead atoms. The molecule has 1 heterocycles. The maximum atomic E-state index is 13.1. The molecule has 32 heavy (non-hydrogen) atoms. The van der Waals surface area contributed by atoms with Gasteiger partial charge in [0.15, 0.2) is 0 Å². The van der Waals surface area contributed by atoms with Crippen LogP contribution >= 0.6 is 0 Å². The summed E-state index contributed by atoms with van der Waals surface area (Å²) in [6, 6.07) is 23.2. The number of carbonyl (C=O) groups is 1. The first-order valence-electron chi connectivity index (χ1n) is 10.6. The first-order chi connectivity index (χ1) is 15.6. The van der Waals surface area contributed by atoms with Gasteiger partial charge in [-0.2, -0.15) is 5.10 Å². The zero-order valence-electron chi connectivity index (χ0n) is 18.4. The summed E-state index contributed by atoms with van der Waals surface area (Å²) in [6.07, 6.45) is 1.59. The standard InChI is InChI=1S/C27H25N3O2/c1-4-32-26-12-8-5-9-21(26)17-28-30-27(31)23-16-25(20-14-13-18(2)19(3)15-20)29-24-11-7-6-10-22(23)24/h5-17H,4H2,1-3H3,(H,30,31)/b28-17-. The number of fused-ring (bicyclic) bond motifs is 1. The van der Waals surface area contributed by atoms with Gasteiger partial charge in [0.1, 0.15) is 5.75 Å². The van der Waals surface area contributed by atoms with Gasteiger partial charge in [-0.3, -0.25) is 4.79 Å². The van der Waals surface area contributed by atoms with Crippen molar-refractivity contribution in [1.29, 1.82) is 0 Å². The van der Waals surface area contributed by atoms with E-state index in [4.69, 9.17) is 9.72 Å². The lowest BCUT2D eigenvalue weighted by Crippen LogP contribution is -2.18. The number of ether oxygens (including phenoxy) is 1. The van der Waals surface area contributed by atoms with Crippen molar-refractivity contribution < 1.29 is 9.53 Å². The highest BCUT2D eigenvalue weighted by Gasteiger charge is 2.14. The molecular weight excluding hydrogens is 398 g/mol. The van der Waals surface area contributed by atoms with E-state index >= 15 is 0 Å². The lowest BCUT2D eigenvalue weighted by molar-refractivity contribution is 0.0956. The fourth-order valence-electron chi connectivity index (χ4n) is 3.51. The van der Waals surface area contributed by atoms with Crippen LogP contribution in [0.1, 0.15) is 34.0 Å². The second-order valence-electron chi connectivity index (χ2n) is 7.54. The van der Waals surface area contributed by atoms with E-state index in [2.05, 4.69) is 36.5 Å². The molecular formula is C27H25N3O2. The summed E-state index contributed by atoms with van der Waals surface area (Å²) in [6.45, 7) is 6.63. The minimum atomic E-state index is -0.293. The molecule has 0 fully saturated rings. The number of aromatic nitrogens is 1. The largest absolute Gasteiger partial charge is 0.493 e. The Morgan fingerprint density at radius 3 is 2.59 bits per heavy atom. The number of pyridine rings is 1. The van der Waals surface area contributed by atoms with Crippen molar-refractivity contribution in [2.45, 2.75) is 20.8 Å². The number of benzene rings is 3. The van der Waals surface area contributed by atoms with E-state index < -0.39 is 0 Å². The Labute approximate surface area is 187 Å². The molecule has 5 heteroatoms. The molecule has 1 N–H and O–H groups in total. The van der Waals surface area contributed by atoms with Crippen LogP contribution in [0.3, 0.4) is 0 Å². The topological polar surface area (TPSA) is 63.6 Å². The van der Waals surface area contributed by atoms with E-state index in [1.54, 1.807) is 6.21 Å². The smallest absolute Gasteiger partial charge is 0.272 e. The van der Waals surface area contributed by atoms with Crippen molar-refractivity contribution in [3.05, 3.63) is 95.1 Å². The van der Waals surface area contributed by atoms with Gasteiger partial charge in [0.25, 0.3) is 5.91 Å². The van der Waals surface area contributed by atoms with Crippen molar-refractivity contribution in [2.75, 3.05) is 6.61 Å². The number of nitrogens with one attached hydrogen (secondary N) is 1. The van der Waals surface area contributed by atoms with Crippen LogP contribution in [0.5, 0.6) is 5.75 Å². The Morgan fingerprint density at radius 2 is 1.78 bits per heavy atom. The Bertz CT molecular complexity index is 1310.